The molecule has 0 spiro atoms. The van der Waals surface area contributed by atoms with Gasteiger partial charge in [0.1, 0.15) is 17.5 Å². The van der Waals surface area contributed by atoms with Crippen molar-refractivity contribution in [3.05, 3.63) is 35.0 Å². The number of fused-ring (bicyclic) bond motifs is 1. The third-order valence-corrected chi connectivity index (χ3v) is 8.89. The molecule has 1 aliphatic carbocycles. The molecule has 5 amide bonds. The zero-order valence-corrected chi connectivity index (χ0v) is 26.9. The lowest BCUT2D eigenvalue weighted by Gasteiger charge is -2.34. The van der Waals surface area contributed by atoms with E-state index in [4.69, 9.17) is 21.1 Å². The largest absolute Gasteiger partial charge is 0.483 e. The lowest BCUT2D eigenvalue weighted by Crippen LogP contribution is -2.52. The number of benzene rings is 1. The van der Waals surface area contributed by atoms with Crippen LogP contribution in [0.4, 0.5) is 4.79 Å². The van der Waals surface area contributed by atoms with Crippen LogP contribution in [0.2, 0.25) is 5.02 Å². The number of aromatic nitrogens is 1. The second-order valence-corrected chi connectivity index (χ2v) is 12.3. The van der Waals surface area contributed by atoms with Crippen LogP contribution in [0, 0.1) is 0 Å². The van der Waals surface area contributed by atoms with E-state index in [1.54, 1.807) is 32.9 Å². The lowest BCUT2D eigenvalue weighted by atomic mass is 9.93. The van der Waals surface area contributed by atoms with Gasteiger partial charge in [-0.05, 0) is 56.7 Å². The molecule has 0 bridgehead atoms. The number of likely N-dealkylation sites (tertiary alicyclic amines) is 1. The highest BCUT2D eigenvalue weighted by atomic mass is 35.5. The Balaban J connectivity index is 1.18. The van der Waals surface area contributed by atoms with E-state index in [0.717, 1.165) is 38.5 Å². The van der Waals surface area contributed by atoms with Gasteiger partial charge in [0.05, 0.1) is 18.7 Å². The van der Waals surface area contributed by atoms with Crippen molar-refractivity contribution in [3.63, 3.8) is 0 Å². The molecule has 3 aliphatic rings. The minimum Gasteiger partial charge on any atom is -0.483 e. The van der Waals surface area contributed by atoms with Crippen LogP contribution in [0.3, 0.4) is 0 Å². The number of unbranched alkanes of at least 4 members (excludes halogenated alkanes) is 1. The first kappa shape index (κ1) is 33.2. The molecule has 3 fully saturated rings. The maximum atomic E-state index is 13.2. The summed E-state index contributed by atoms with van der Waals surface area (Å²) in [7, 11) is 0. The number of halogens is 1. The molecule has 1 saturated carbocycles. The molecule has 2 aromatic rings. The number of pyridine rings is 1. The number of rotatable bonds is 11. The van der Waals surface area contributed by atoms with E-state index in [-0.39, 0.29) is 54.5 Å². The summed E-state index contributed by atoms with van der Waals surface area (Å²) in [6.45, 7) is 3.62. The molecular weight excluding hydrogens is 616 g/mol. The van der Waals surface area contributed by atoms with Crippen LogP contribution in [-0.4, -0.2) is 114 Å². The smallest absolute Gasteiger partial charge is 0.409 e. The van der Waals surface area contributed by atoms with E-state index in [0.29, 0.717) is 61.7 Å². The average Bonchev–Trinajstić information content (AvgIpc) is 3.54. The van der Waals surface area contributed by atoms with E-state index in [1.807, 2.05) is 6.92 Å². The predicted molar refractivity (Wildman–Crippen MR) is 170 cm³/mol. The summed E-state index contributed by atoms with van der Waals surface area (Å²) in [4.78, 5) is 73.3. The van der Waals surface area contributed by atoms with Crippen molar-refractivity contribution >= 4 is 52.2 Å². The van der Waals surface area contributed by atoms with Gasteiger partial charge < -0.3 is 34.8 Å². The molecule has 1 aromatic carbocycles. The highest BCUT2D eigenvalue weighted by Crippen LogP contribution is 2.29. The summed E-state index contributed by atoms with van der Waals surface area (Å²) in [5.41, 5.74) is 0.374. The summed E-state index contributed by atoms with van der Waals surface area (Å²) < 4.78 is 11.2. The van der Waals surface area contributed by atoms with Gasteiger partial charge in [-0.25, -0.2) is 9.78 Å². The number of nitrogens with one attached hydrogen (secondary N) is 2. The van der Waals surface area contributed by atoms with Gasteiger partial charge in [-0.2, -0.15) is 0 Å². The molecule has 13 nitrogen and oxygen atoms in total. The summed E-state index contributed by atoms with van der Waals surface area (Å²) in [5, 5.41) is 6.61. The summed E-state index contributed by atoms with van der Waals surface area (Å²) in [6, 6.07) is 6.03. The Labute approximate surface area is 272 Å². The van der Waals surface area contributed by atoms with Crippen LogP contribution < -0.4 is 15.4 Å². The van der Waals surface area contributed by atoms with Crippen molar-refractivity contribution in [2.75, 3.05) is 52.5 Å². The highest BCUT2D eigenvalue weighted by Gasteiger charge is 2.36. The molecule has 1 atom stereocenters. The first-order chi connectivity index (χ1) is 22.2. The van der Waals surface area contributed by atoms with Crippen LogP contribution in [-0.2, 0) is 19.1 Å². The summed E-state index contributed by atoms with van der Waals surface area (Å²) in [5.74, 6) is -1.09. The maximum Gasteiger partial charge on any atom is 0.409 e. The van der Waals surface area contributed by atoms with E-state index >= 15 is 0 Å². The number of carbonyl (C=O) groups excluding carboxylic acids is 5. The van der Waals surface area contributed by atoms with Crippen molar-refractivity contribution in [1.29, 1.82) is 0 Å². The van der Waals surface area contributed by atoms with Gasteiger partial charge in [0, 0.05) is 55.2 Å². The normalized spacial score (nSPS) is 18.2. The van der Waals surface area contributed by atoms with Gasteiger partial charge in [0.2, 0.25) is 11.8 Å². The molecule has 5 rings (SSSR count). The Morgan fingerprint density at radius 3 is 2.43 bits per heavy atom. The quantitative estimate of drug-likeness (QED) is 0.351. The number of piperazine rings is 1. The van der Waals surface area contributed by atoms with Gasteiger partial charge >= 0.3 is 6.09 Å². The monoisotopic (exact) mass is 656 g/mol. The van der Waals surface area contributed by atoms with Crippen LogP contribution >= 0.6 is 11.6 Å². The SMILES string of the molecule is CCCCOC(=O)N1CCN(C(=O)CNC(=O)c2cc(OCC(=O)N3CCCC3C(=O)NC3CCC3)c3ccc(Cl)cc3n2)CC1. The van der Waals surface area contributed by atoms with Gasteiger partial charge in [-0.3, -0.25) is 19.2 Å². The molecule has 3 heterocycles. The Morgan fingerprint density at radius 2 is 1.72 bits per heavy atom. The standard InChI is InChI=1S/C32H41ClN6O7/c1-2-3-16-45-32(44)38-14-12-37(13-15-38)28(40)19-34-30(42)25-18-27(23-10-9-21(33)17-24(23)36-25)46-20-29(41)39-11-5-8-26(39)31(43)35-22-6-4-7-22/h9-10,17-18,22,26H,2-8,11-16,19-20H2,1H3,(H,34,42)(H,35,43). The number of amides is 5. The fourth-order valence-corrected chi connectivity index (χ4v) is 5.87. The Hall–Kier alpha value is -4.13. The van der Waals surface area contributed by atoms with Crippen LogP contribution in [0.25, 0.3) is 10.9 Å². The van der Waals surface area contributed by atoms with Crippen molar-refractivity contribution < 1.29 is 33.4 Å². The molecule has 0 radical (unpaired) electrons. The molecule has 2 aliphatic heterocycles. The molecule has 2 saturated heterocycles. The summed E-state index contributed by atoms with van der Waals surface area (Å²) >= 11 is 6.20. The van der Waals surface area contributed by atoms with Crippen molar-refractivity contribution in [2.45, 2.75) is 64.0 Å². The van der Waals surface area contributed by atoms with Crippen molar-refractivity contribution in [2.24, 2.45) is 0 Å². The van der Waals surface area contributed by atoms with Gasteiger partial charge in [0.25, 0.3) is 11.8 Å². The predicted octanol–water partition coefficient (Wildman–Crippen LogP) is 2.74. The zero-order valence-electron chi connectivity index (χ0n) is 26.1. The van der Waals surface area contributed by atoms with E-state index in [1.165, 1.54) is 6.07 Å². The number of carbonyl (C=O) groups is 5. The first-order valence-electron chi connectivity index (χ1n) is 16.0. The topological polar surface area (TPSA) is 150 Å². The van der Waals surface area contributed by atoms with Gasteiger partial charge in [0.15, 0.2) is 6.61 Å². The average molecular weight is 657 g/mol. The molecule has 2 N–H and O–H groups in total. The summed E-state index contributed by atoms with van der Waals surface area (Å²) in [6.07, 6.45) is 5.71. The lowest BCUT2D eigenvalue weighted by molar-refractivity contribution is -0.140. The fourth-order valence-electron chi connectivity index (χ4n) is 5.71. The minimum absolute atomic E-state index is 0.0106. The molecule has 248 valence electrons. The van der Waals surface area contributed by atoms with E-state index in [2.05, 4.69) is 15.6 Å². The highest BCUT2D eigenvalue weighted by molar-refractivity contribution is 6.31. The van der Waals surface area contributed by atoms with Crippen molar-refractivity contribution in [1.82, 2.24) is 30.3 Å². The number of ether oxygens (including phenoxy) is 2. The third kappa shape index (κ3) is 8.17. The molecule has 1 unspecified atom stereocenters. The van der Waals surface area contributed by atoms with Crippen molar-refractivity contribution in [3.8, 4) is 5.75 Å². The Bertz CT molecular complexity index is 1460. The van der Waals surface area contributed by atoms with Gasteiger partial charge in [-0.15, -0.1) is 0 Å². The Morgan fingerprint density at radius 1 is 0.957 bits per heavy atom. The molecule has 1 aromatic heterocycles. The van der Waals surface area contributed by atoms with Gasteiger partial charge in [-0.1, -0.05) is 24.9 Å². The molecular formula is C32H41ClN6O7. The van der Waals surface area contributed by atoms with E-state index in [9.17, 15) is 24.0 Å². The second-order valence-electron chi connectivity index (χ2n) is 11.9. The van der Waals surface area contributed by atoms with E-state index < -0.39 is 11.9 Å². The van der Waals surface area contributed by atoms with Crippen LogP contribution in [0.5, 0.6) is 5.75 Å². The van der Waals surface area contributed by atoms with Crippen LogP contribution in [0.15, 0.2) is 24.3 Å². The second kappa shape index (κ2) is 15.4. The fraction of sp³-hybridized carbons (Fsp3) is 0.562. The molecule has 14 heteroatoms. The first-order valence-corrected chi connectivity index (χ1v) is 16.4. The van der Waals surface area contributed by atoms with Crippen LogP contribution in [0.1, 0.15) is 62.4 Å². The third-order valence-electron chi connectivity index (χ3n) is 8.66. The number of hydrogen-bond acceptors (Lipinski definition) is 8. The Kier molecular flexibility index (Phi) is 11.2. The molecule has 46 heavy (non-hydrogen) atoms. The minimum atomic E-state index is -0.600. The number of hydrogen-bond donors (Lipinski definition) is 2. The zero-order chi connectivity index (χ0) is 32.6. The maximum absolute atomic E-state index is 13.2. The number of nitrogens with zero attached hydrogens (tertiary/aromatic N) is 4.